The Hall–Kier alpha value is -2.26. The Morgan fingerprint density at radius 3 is 2.44 bits per heavy atom. The maximum absolute atomic E-state index is 13.0. The number of hydrogen-bond donors (Lipinski definition) is 1. The molecule has 3 aliphatic heterocycles. The normalized spacial score (nSPS) is 21.7. The fourth-order valence-electron chi connectivity index (χ4n) is 5.03. The first-order valence-electron chi connectivity index (χ1n) is 12.8. The number of aromatic nitrogens is 3. The number of hydrogen-bond acceptors (Lipinski definition) is 7. The van der Waals surface area contributed by atoms with Crippen molar-refractivity contribution < 1.29 is 9.53 Å². The van der Waals surface area contributed by atoms with E-state index in [0.717, 1.165) is 69.0 Å². The number of amides is 1. The highest BCUT2D eigenvalue weighted by atomic mass is 32.2. The maximum atomic E-state index is 13.0. The first-order valence-corrected chi connectivity index (χ1v) is 13.7. The van der Waals surface area contributed by atoms with Crippen LogP contribution in [0.1, 0.15) is 51.9 Å². The zero-order valence-corrected chi connectivity index (χ0v) is 20.9. The molecule has 1 aromatic carbocycles. The lowest BCUT2D eigenvalue weighted by Crippen LogP contribution is -2.29. The van der Waals surface area contributed by atoms with Crippen LogP contribution in [0.15, 0.2) is 29.4 Å². The Morgan fingerprint density at radius 1 is 1.03 bits per heavy atom. The van der Waals surface area contributed by atoms with Crippen LogP contribution in [-0.2, 0) is 16.1 Å². The van der Waals surface area contributed by atoms with Crippen LogP contribution < -0.4 is 15.1 Å². The van der Waals surface area contributed by atoms with Gasteiger partial charge in [-0.05, 0) is 76.1 Å². The van der Waals surface area contributed by atoms with E-state index in [-0.39, 0.29) is 17.3 Å². The van der Waals surface area contributed by atoms with Crippen LogP contribution in [0.4, 0.5) is 17.3 Å². The molecule has 9 heteroatoms. The number of carbonyl (C=O) groups is 1. The van der Waals surface area contributed by atoms with E-state index in [1.807, 2.05) is 19.1 Å². The molecule has 0 aliphatic carbocycles. The van der Waals surface area contributed by atoms with Crippen LogP contribution in [0.5, 0.6) is 0 Å². The molecule has 0 saturated carbocycles. The molecule has 0 bridgehead atoms. The number of carbonyl (C=O) groups excluding carboxylic acids is 1. The number of ether oxygens (including phenoxy) is 1. The largest absolute Gasteiger partial charge is 0.376 e. The van der Waals surface area contributed by atoms with Gasteiger partial charge in [-0.1, -0.05) is 11.8 Å². The molecule has 5 rings (SSSR count). The second-order valence-corrected chi connectivity index (χ2v) is 10.9. The van der Waals surface area contributed by atoms with Gasteiger partial charge in [0.2, 0.25) is 11.9 Å². The van der Waals surface area contributed by atoms with Crippen LogP contribution in [0.2, 0.25) is 0 Å². The van der Waals surface area contributed by atoms with E-state index in [1.54, 1.807) is 0 Å². The molecule has 8 nitrogen and oxygen atoms in total. The number of rotatable bonds is 8. The fraction of sp³-hybridized carbons (Fsp3) is 0.640. The van der Waals surface area contributed by atoms with Crippen molar-refractivity contribution in [3.05, 3.63) is 24.3 Å². The van der Waals surface area contributed by atoms with Crippen molar-refractivity contribution in [2.24, 2.45) is 0 Å². The van der Waals surface area contributed by atoms with Crippen LogP contribution in [0.25, 0.3) is 0 Å². The molecule has 34 heavy (non-hydrogen) atoms. The predicted octanol–water partition coefficient (Wildman–Crippen LogP) is 4.17. The van der Waals surface area contributed by atoms with E-state index in [4.69, 9.17) is 4.74 Å². The molecule has 4 heterocycles. The predicted molar refractivity (Wildman–Crippen MR) is 137 cm³/mol. The molecular formula is C25H36N6O2S. The smallest absolute Gasteiger partial charge is 0.237 e. The standard InChI is InChI=1S/C25H36N6O2S/c1-19(23(32)26-20-9-11-21(12-10-20)29-13-3-2-4-14-29)34-25-28-27-24(30-15-5-6-16-30)31(25)18-22-8-7-17-33-22/h9-12,19,22H,2-8,13-18H2,1H3,(H,26,32)/t19-,22+/m1/s1. The first-order chi connectivity index (χ1) is 16.7. The average molecular weight is 485 g/mol. The lowest BCUT2D eigenvalue weighted by Gasteiger charge is -2.28. The zero-order chi connectivity index (χ0) is 23.3. The first kappa shape index (κ1) is 23.5. The number of piperidine rings is 1. The number of anilines is 3. The third kappa shape index (κ3) is 5.51. The molecule has 1 aromatic heterocycles. The van der Waals surface area contributed by atoms with E-state index in [1.165, 1.54) is 49.6 Å². The number of thioether (sulfide) groups is 1. The van der Waals surface area contributed by atoms with Crippen LogP contribution in [0, 0.1) is 0 Å². The van der Waals surface area contributed by atoms with E-state index in [2.05, 4.69) is 42.0 Å². The summed E-state index contributed by atoms with van der Waals surface area (Å²) >= 11 is 1.47. The van der Waals surface area contributed by atoms with E-state index >= 15 is 0 Å². The van der Waals surface area contributed by atoms with Crippen molar-refractivity contribution in [1.82, 2.24) is 14.8 Å². The summed E-state index contributed by atoms with van der Waals surface area (Å²) in [6.45, 7) is 7.76. The number of nitrogens with zero attached hydrogens (tertiary/aromatic N) is 5. The van der Waals surface area contributed by atoms with Gasteiger partial charge in [-0.2, -0.15) is 0 Å². The molecule has 2 aromatic rings. The minimum absolute atomic E-state index is 0.0230. The highest BCUT2D eigenvalue weighted by molar-refractivity contribution is 8.00. The highest BCUT2D eigenvalue weighted by Gasteiger charge is 2.27. The highest BCUT2D eigenvalue weighted by Crippen LogP contribution is 2.30. The molecule has 3 saturated heterocycles. The Labute approximate surface area is 206 Å². The van der Waals surface area contributed by atoms with Crippen LogP contribution >= 0.6 is 11.8 Å². The fourth-order valence-corrected chi connectivity index (χ4v) is 5.89. The molecule has 0 unspecified atom stereocenters. The van der Waals surface area contributed by atoms with Crippen molar-refractivity contribution in [2.75, 3.05) is 47.9 Å². The second kappa shape index (κ2) is 11.0. The van der Waals surface area contributed by atoms with Gasteiger partial charge in [0.25, 0.3) is 0 Å². The SMILES string of the molecule is C[C@@H](Sc1nnc(N2CCCC2)n1C[C@@H]1CCCO1)C(=O)Nc1ccc(N2CCCCC2)cc1. The average Bonchev–Trinajstić information content (AvgIpc) is 3.64. The number of benzene rings is 1. The number of nitrogens with one attached hydrogen (secondary N) is 1. The summed E-state index contributed by atoms with van der Waals surface area (Å²) in [5.41, 5.74) is 2.06. The molecule has 3 fully saturated rings. The van der Waals surface area contributed by atoms with Gasteiger partial charge >= 0.3 is 0 Å². The Bertz CT molecular complexity index is 947. The Kier molecular flexibility index (Phi) is 7.59. The summed E-state index contributed by atoms with van der Waals surface area (Å²) in [5.74, 6) is 0.890. The molecule has 2 atom stereocenters. The van der Waals surface area contributed by atoms with Crippen LogP contribution in [-0.4, -0.2) is 64.8 Å². The quantitative estimate of drug-likeness (QED) is 0.564. The van der Waals surface area contributed by atoms with Gasteiger partial charge < -0.3 is 19.9 Å². The molecule has 1 amide bonds. The summed E-state index contributed by atoms with van der Waals surface area (Å²) < 4.78 is 8.07. The van der Waals surface area contributed by atoms with Crippen molar-refractivity contribution in [3.63, 3.8) is 0 Å². The van der Waals surface area contributed by atoms with Crippen molar-refractivity contribution in [1.29, 1.82) is 0 Å². The molecule has 1 N–H and O–H groups in total. The monoisotopic (exact) mass is 484 g/mol. The summed E-state index contributed by atoms with van der Waals surface area (Å²) in [7, 11) is 0. The van der Waals surface area contributed by atoms with Gasteiger partial charge in [0.15, 0.2) is 5.16 Å². The van der Waals surface area contributed by atoms with Crippen molar-refractivity contribution in [3.8, 4) is 0 Å². The maximum Gasteiger partial charge on any atom is 0.237 e. The Morgan fingerprint density at radius 2 is 1.74 bits per heavy atom. The minimum atomic E-state index is -0.291. The third-order valence-electron chi connectivity index (χ3n) is 7.00. The van der Waals surface area contributed by atoms with E-state index in [9.17, 15) is 4.79 Å². The topological polar surface area (TPSA) is 75.5 Å². The van der Waals surface area contributed by atoms with Gasteiger partial charge in [0.1, 0.15) is 0 Å². The van der Waals surface area contributed by atoms with E-state index in [0.29, 0.717) is 0 Å². The second-order valence-electron chi connectivity index (χ2n) is 9.57. The lowest BCUT2D eigenvalue weighted by atomic mass is 10.1. The van der Waals surface area contributed by atoms with E-state index < -0.39 is 0 Å². The lowest BCUT2D eigenvalue weighted by molar-refractivity contribution is -0.115. The zero-order valence-electron chi connectivity index (χ0n) is 20.1. The summed E-state index contributed by atoms with van der Waals surface area (Å²) in [4.78, 5) is 17.7. The molecule has 184 valence electrons. The summed E-state index contributed by atoms with van der Waals surface area (Å²) in [5, 5.41) is 12.6. The third-order valence-corrected chi connectivity index (χ3v) is 8.08. The van der Waals surface area contributed by atoms with Crippen molar-refractivity contribution >= 4 is 35.0 Å². The molecule has 3 aliphatic rings. The molecular weight excluding hydrogens is 448 g/mol. The van der Waals surface area contributed by atoms with Gasteiger partial charge in [0.05, 0.1) is 17.9 Å². The Balaban J connectivity index is 1.23. The van der Waals surface area contributed by atoms with Crippen LogP contribution in [0.3, 0.4) is 0 Å². The molecule has 0 radical (unpaired) electrons. The minimum Gasteiger partial charge on any atom is -0.376 e. The van der Waals surface area contributed by atoms with Crippen molar-refractivity contribution in [2.45, 2.75) is 74.9 Å². The van der Waals surface area contributed by atoms with Gasteiger partial charge in [-0.15, -0.1) is 10.2 Å². The van der Waals surface area contributed by atoms with Gasteiger partial charge in [-0.25, -0.2) is 0 Å². The van der Waals surface area contributed by atoms with Gasteiger partial charge in [0, 0.05) is 44.2 Å². The molecule has 0 spiro atoms. The summed E-state index contributed by atoms with van der Waals surface area (Å²) in [6, 6.07) is 8.23. The summed E-state index contributed by atoms with van der Waals surface area (Å²) in [6.07, 6.45) is 8.55. The van der Waals surface area contributed by atoms with Gasteiger partial charge in [-0.3, -0.25) is 9.36 Å².